The molecule has 0 saturated heterocycles. The second-order valence-electron chi connectivity index (χ2n) is 9.52. The quantitative estimate of drug-likeness (QED) is 0.372. The number of amides is 1. The van der Waals surface area contributed by atoms with Gasteiger partial charge in [0.15, 0.2) is 5.82 Å². The Balaban J connectivity index is 1.90. The van der Waals surface area contributed by atoms with Crippen molar-refractivity contribution in [3.63, 3.8) is 0 Å². The fourth-order valence-corrected chi connectivity index (χ4v) is 4.41. The number of nitrogens with zero attached hydrogens (tertiary/aromatic N) is 6. The summed E-state index contributed by atoms with van der Waals surface area (Å²) in [6, 6.07) is 15.7. The number of nitrogens with one attached hydrogen (secondary N) is 1. The van der Waals surface area contributed by atoms with E-state index in [2.05, 4.69) is 27.6 Å². The number of anilines is 1. The van der Waals surface area contributed by atoms with E-state index < -0.39 is 0 Å². The molecule has 0 aliphatic heterocycles. The fraction of sp³-hybridized carbons (Fsp3) is 0.357. The minimum Gasteiger partial charge on any atom is -0.483 e. The molecule has 1 unspecified atom stereocenters. The standard InChI is InChI=1S/C28H35N7O2/c1-18-25-19(2)35(32-26(25)27(31-30-18)33(4)5)22-14-13-21(28(36)34(6)7)17-24(22)37-23(15-16-29-3)20-11-9-8-10-12-20/h8-14,17,23,29H,15-16H2,1-7H3. The van der Waals surface area contributed by atoms with Crippen LogP contribution in [0.15, 0.2) is 48.5 Å². The predicted molar refractivity (Wildman–Crippen MR) is 147 cm³/mol. The van der Waals surface area contributed by atoms with Crippen LogP contribution >= 0.6 is 0 Å². The first-order chi connectivity index (χ1) is 17.7. The zero-order valence-corrected chi connectivity index (χ0v) is 22.6. The Morgan fingerprint density at radius 2 is 1.78 bits per heavy atom. The molecule has 2 heterocycles. The highest BCUT2D eigenvalue weighted by molar-refractivity contribution is 5.95. The van der Waals surface area contributed by atoms with E-state index in [0.717, 1.165) is 46.5 Å². The van der Waals surface area contributed by atoms with Crippen molar-refractivity contribution >= 4 is 22.6 Å². The third kappa shape index (κ3) is 5.27. The molecule has 0 aliphatic rings. The van der Waals surface area contributed by atoms with E-state index in [1.54, 1.807) is 19.0 Å². The van der Waals surface area contributed by atoms with Gasteiger partial charge >= 0.3 is 0 Å². The summed E-state index contributed by atoms with van der Waals surface area (Å²) >= 11 is 0. The highest BCUT2D eigenvalue weighted by Gasteiger charge is 2.23. The van der Waals surface area contributed by atoms with Gasteiger partial charge in [-0.1, -0.05) is 30.3 Å². The highest BCUT2D eigenvalue weighted by atomic mass is 16.5. The van der Waals surface area contributed by atoms with Gasteiger partial charge < -0.3 is 19.9 Å². The smallest absolute Gasteiger partial charge is 0.253 e. The average molecular weight is 502 g/mol. The predicted octanol–water partition coefficient (Wildman–Crippen LogP) is 3.93. The Labute approximate surface area is 218 Å². The number of hydrogen-bond donors (Lipinski definition) is 1. The van der Waals surface area contributed by atoms with E-state index in [-0.39, 0.29) is 12.0 Å². The summed E-state index contributed by atoms with van der Waals surface area (Å²) in [5.74, 6) is 1.18. The first-order valence-electron chi connectivity index (χ1n) is 12.3. The fourth-order valence-electron chi connectivity index (χ4n) is 4.41. The largest absolute Gasteiger partial charge is 0.483 e. The highest BCUT2D eigenvalue weighted by Crippen LogP contribution is 2.35. The Morgan fingerprint density at radius 3 is 2.43 bits per heavy atom. The maximum atomic E-state index is 12.9. The van der Waals surface area contributed by atoms with Gasteiger partial charge in [-0.25, -0.2) is 4.68 Å². The molecular formula is C28H35N7O2. The molecule has 0 saturated carbocycles. The summed E-state index contributed by atoms with van der Waals surface area (Å²) in [4.78, 5) is 16.3. The van der Waals surface area contributed by atoms with Crippen molar-refractivity contribution in [3.05, 3.63) is 71.0 Å². The number of carbonyl (C=O) groups is 1. The molecule has 2 aromatic carbocycles. The molecule has 0 spiro atoms. The number of aryl methyl sites for hydroxylation is 2. The summed E-state index contributed by atoms with van der Waals surface area (Å²) in [5.41, 5.74) is 4.86. The van der Waals surface area contributed by atoms with Crippen molar-refractivity contribution in [1.82, 2.24) is 30.2 Å². The van der Waals surface area contributed by atoms with E-state index in [0.29, 0.717) is 17.1 Å². The number of rotatable bonds is 9. The zero-order valence-electron chi connectivity index (χ0n) is 22.6. The molecule has 37 heavy (non-hydrogen) atoms. The number of benzene rings is 2. The molecule has 0 fully saturated rings. The molecule has 1 N–H and O–H groups in total. The second-order valence-corrected chi connectivity index (χ2v) is 9.52. The van der Waals surface area contributed by atoms with Crippen LogP contribution in [0, 0.1) is 13.8 Å². The Morgan fingerprint density at radius 1 is 1.05 bits per heavy atom. The zero-order chi connectivity index (χ0) is 26.7. The Hall–Kier alpha value is -3.98. The van der Waals surface area contributed by atoms with Gasteiger partial charge in [-0.3, -0.25) is 4.79 Å². The van der Waals surface area contributed by atoms with Crippen molar-refractivity contribution in [1.29, 1.82) is 0 Å². The van der Waals surface area contributed by atoms with Gasteiger partial charge in [0, 0.05) is 40.2 Å². The lowest BCUT2D eigenvalue weighted by Gasteiger charge is -2.23. The van der Waals surface area contributed by atoms with Crippen LogP contribution in [0.1, 0.15) is 39.8 Å². The maximum Gasteiger partial charge on any atom is 0.253 e. The minimum atomic E-state index is -0.218. The summed E-state index contributed by atoms with van der Waals surface area (Å²) in [5, 5.41) is 17.9. The molecule has 1 atom stereocenters. The van der Waals surface area contributed by atoms with Gasteiger partial charge in [0.2, 0.25) is 0 Å². The van der Waals surface area contributed by atoms with Crippen LogP contribution in [0.5, 0.6) is 5.75 Å². The number of aromatic nitrogens is 4. The summed E-state index contributed by atoms with van der Waals surface area (Å²) in [6.07, 6.45) is 0.536. The van der Waals surface area contributed by atoms with E-state index in [1.807, 2.05) is 81.0 Å². The van der Waals surface area contributed by atoms with Crippen LogP contribution in [-0.4, -0.2) is 72.6 Å². The monoisotopic (exact) mass is 501 g/mol. The molecule has 4 rings (SSSR count). The van der Waals surface area contributed by atoms with Crippen molar-refractivity contribution in [3.8, 4) is 11.4 Å². The molecule has 9 heteroatoms. The first kappa shape index (κ1) is 26.1. The van der Waals surface area contributed by atoms with Crippen LogP contribution in [0.2, 0.25) is 0 Å². The van der Waals surface area contributed by atoms with Gasteiger partial charge in [0.25, 0.3) is 5.91 Å². The van der Waals surface area contributed by atoms with E-state index in [4.69, 9.17) is 9.84 Å². The van der Waals surface area contributed by atoms with Crippen LogP contribution in [0.25, 0.3) is 16.6 Å². The van der Waals surface area contributed by atoms with E-state index in [1.165, 1.54) is 0 Å². The third-order valence-electron chi connectivity index (χ3n) is 6.35. The van der Waals surface area contributed by atoms with Crippen molar-refractivity contribution in [2.24, 2.45) is 0 Å². The Bertz CT molecular complexity index is 1400. The average Bonchev–Trinajstić information content (AvgIpc) is 3.23. The molecule has 2 aromatic heterocycles. The molecule has 4 aromatic rings. The summed E-state index contributed by atoms with van der Waals surface area (Å²) in [7, 11) is 9.26. The molecule has 0 aliphatic carbocycles. The van der Waals surface area contributed by atoms with Crippen LogP contribution in [-0.2, 0) is 0 Å². The van der Waals surface area contributed by atoms with Gasteiger partial charge in [-0.15, -0.1) is 5.10 Å². The van der Waals surface area contributed by atoms with Crippen molar-refractivity contribution in [2.75, 3.05) is 46.7 Å². The lowest BCUT2D eigenvalue weighted by atomic mass is 10.1. The number of fused-ring (bicyclic) bond motifs is 1. The van der Waals surface area contributed by atoms with Crippen molar-refractivity contribution in [2.45, 2.75) is 26.4 Å². The minimum absolute atomic E-state index is 0.0932. The van der Waals surface area contributed by atoms with Crippen LogP contribution in [0.4, 0.5) is 5.82 Å². The second kappa shape index (κ2) is 11.0. The van der Waals surface area contributed by atoms with E-state index >= 15 is 0 Å². The summed E-state index contributed by atoms with van der Waals surface area (Å²) < 4.78 is 8.57. The first-order valence-corrected chi connectivity index (χ1v) is 12.3. The number of ether oxygens (including phenoxy) is 1. The van der Waals surface area contributed by atoms with Crippen LogP contribution in [0.3, 0.4) is 0 Å². The van der Waals surface area contributed by atoms with E-state index in [9.17, 15) is 4.79 Å². The molecule has 0 radical (unpaired) electrons. The molecule has 0 bridgehead atoms. The normalized spacial score (nSPS) is 12.0. The van der Waals surface area contributed by atoms with Gasteiger partial charge in [0.05, 0.1) is 16.8 Å². The van der Waals surface area contributed by atoms with Crippen molar-refractivity contribution < 1.29 is 9.53 Å². The Kier molecular flexibility index (Phi) is 7.73. The van der Waals surface area contributed by atoms with Gasteiger partial charge in [-0.2, -0.15) is 10.2 Å². The van der Waals surface area contributed by atoms with Gasteiger partial charge in [-0.05, 0) is 51.2 Å². The number of hydrogen-bond acceptors (Lipinski definition) is 7. The summed E-state index contributed by atoms with van der Waals surface area (Å²) in [6.45, 7) is 4.73. The topological polar surface area (TPSA) is 88.4 Å². The lowest BCUT2D eigenvalue weighted by Crippen LogP contribution is -2.22. The molecule has 194 valence electrons. The molecule has 1 amide bonds. The maximum absolute atomic E-state index is 12.9. The molecular weight excluding hydrogens is 466 g/mol. The molecule has 9 nitrogen and oxygen atoms in total. The lowest BCUT2D eigenvalue weighted by molar-refractivity contribution is 0.0826. The van der Waals surface area contributed by atoms with Crippen LogP contribution < -0.4 is 15.0 Å². The number of carbonyl (C=O) groups excluding carboxylic acids is 1. The SMILES string of the molecule is CNCCC(Oc1cc(C(=O)N(C)C)ccc1-n1nc2c(N(C)C)nnc(C)c2c1C)c1ccccc1. The third-order valence-corrected chi connectivity index (χ3v) is 6.35. The van der Waals surface area contributed by atoms with Gasteiger partial charge in [0.1, 0.15) is 23.1 Å².